The second-order valence-electron chi connectivity index (χ2n) is 7.77. The Morgan fingerprint density at radius 2 is 1.44 bits per heavy atom. The van der Waals surface area contributed by atoms with Crippen LogP contribution in [0.25, 0.3) is 11.1 Å². The third-order valence-corrected chi connectivity index (χ3v) is 7.29. The molecule has 0 aromatic heterocycles. The summed E-state index contributed by atoms with van der Waals surface area (Å²) in [6.45, 7) is 1.40. The van der Waals surface area contributed by atoms with Crippen LogP contribution < -0.4 is 10.6 Å². The number of hydrogen-bond acceptors (Lipinski definition) is 8. The maximum atomic E-state index is 12.8. The zero-order valence-electron chi connectivity index (χ0n) is 19.6. The summed E-state index contributed by atoms with van der Waals surface area (Å²) >= 11 is 0. The highest BCUT2D eigenvalue weighted by atomic mass is 32.2. The standard InChI is InChI=1S/C24H24N2O8S2/c1-15(27)16-4-6-17(7-5-16)24(28)26-20-9-11-22(23(13-20)36(32,33)34-3)21-10-8-19(25-2)12-18(21)14-35(29,30)31/h4-13,25H,14H2,1-3H3,(H,26,28)(H,29,30,31). The molecule has 0 radical (unpaired) electrons. The number of rotatable bonds is 9. The molecule has 0 heterocycles. The molecule has 1 amide bonds. The van der Waals surface area contributed by atoms with Crippen LogP contribution in [0.1, 0.15) is 33.2 Å². The van der Waals surface area contributed by atoms with E-state index in [-0.39, 0.29) is 38.6 Å². The summed E-state index contributed by atoms with van der Waals surface area (Å²) in [5.41, 5.74) is 1.88. The molecule has 0 fully saturated rings. The highest BCUT2D eigenvalue weighted by molar-refractivity contribution is 7.87. The molecule has 0 aliphatic heterocycles. The number of nitrogens with one attached hydrogen (secondary N) is 2. The van der Waals surface area contributed by atoms with Crippen LogP contribution in [-0.2, 0) is 30.2 Å². The smallest absolute Gasteiger partial charge is 0.297 e. The molecule has 12 heteroatoms. The number of hydrogen-bond donors (Lipinski definition) is 3. The van der Waals surface area contributed by atoms with Gasteiger partial charge in [0.15, 0.2) is 5.78 Å². The molecular formula is C24H24N2O8S2. The SMILES string of the molecule is CNc1ccc(-c2ccc(NC(=O)c3ccc(C(C)=O)cc3)cc2S(=O)(=O)OC)c(CS(=O)(=O)O)c1. The lowest BCUT2D eigenvalue weighted by Crippen LogP contribution is -2.13. The predicted molar refractivity (Wildman–Crippen MR) is 135 cm³/mol. The molecule has 0 aliphatic rings. The van der Waals surface area contributed by atoms with E-state index in [2.05, 4.69) is 10.6 Å². The van der Waals surface area contributed by atoms with Gasteiger partial charge in [-0.2, -0.15) is 16.8 Å². The number of carbonyl (C=O) groups excluding carboxylic acids is 2. The molecule has 0 spiro atoms. The Labute approximate surface area is 209 Å². The van der Waals surface area contributed by atoms with Gasteiger partial charge in [-0.1, -0.05) is 24.3 Å². The summed E-state index contributed by atoms with van der Waals surface area (Å²) in [6, 6.07) is 14.6. The number of anilines is 2. The topological polar surface area (TPSA) is 156 Å². The van der Waals surface area contributed by atoms with Gasteiger partial charge in [0.2, 0.25) is 0 Å². The van der Waals surface area contributed by atoms with Crippen molar-refractivity contribution in [2.24, 2.45) is 0 Å². The van der Waals surface area contributed by atoms with Crippen molar-refractivity contribution < 1.29 is 35.2 Å². The van der Waals surface area contributed by atoms with E-state index < -0.39 is 31.9 Å². The van der Waals surface area contributed by atoms with Crippen molar-refractivity contribution >= 4 is 43.3 Å². The number of carbonyl (C=O) groups is 2. The molecule has 3 aromatic rings. The summed E-state index contributed by atoms with van der Waals surface area (Å²) in [5, 5.41) is 5.46. The molecule has 0 saturated heterocycles. The van der Waals surface area contributed by atoms with Crippen LogP contribution in [-0.4, -0.2) is 47.2 Å². The molecule has 190 valence electrons. The quantitative estimate of drug-likeness (QED) is 0.213. The third-order valence-electron chi connectivity index (χ3n) is 5.30. The molecule has 0 bridgehead atoms. The summed E-state index contributed by atoms with van der Waals surface area (Å²) in [5.74, 6) is -1.44. The van der Waals surface area contributed by atoms with Crippen LogP contribution in [0, 0.1) is 0 Å². The van der Waals surface area contributed by atoms with E-state index in [0.29, 0.717) is 11.3 Å². The van der Waals surface area contributed by atoms with E-state index in [1.807, 2.05) is 0 Å². The first-order valence-electron chi connectivity index (χ1n) is 10.5. The molecule has 0 unspecified atom stereocenters. The molecule has 36 heavy (non-hydrogen) atoms. The first-order chi connectivity index (χ1) is 16.8. The van der Waals surface area contributed by atoms with Crippen molar-refractivity contribution in [2.45, 2.75) is 17.6 Å². The predicted octanol–water partition coefficient (Wildman–Crippen LogP) is 3.57. The van der Waals surface area contributed by atoms with Gasteiger partial charge in [0, 0.05) is 35.1 Å². The van der Waals surface area contributed by atoms with Crippen molar-refractivity contribution in [1.82, 2.24) is 0 Å². The van der Waals surface area contributed by atoms with Crippen LogP contribution in [0.15, 0.2) is 65.6 Å². The Hall–Kier alpha value is -3.58. The molecule has 0 atom stereocenters. The fourth-order valence-corrected chi connectivity index (χ4v) is 5.04. The largest absolute Gasteiger partial charge is 0.388 e. The maximum absolute atomic E-state index is 12.8. The normalized spacial score (nSPS) is 11.7. The number of ketones is 1. The van der Waals surface area contributed by atoms with E-state index in [9.17, 15) is 31.0 Å². The second-order valence-corrected chi connectivity index (χ2v) is 10.9. The van der Waals surface area contributed by atoms with Crippen molar-refractivity contribution in [3.8, 4) is 11.1 Å². The molecule has 3 aromatic carbocycles. The number of amides is 1. The molecule has 0 saturated carbocycles. The van der Waals surface area contributed by atoms with Crippen LogP contribution in [0.3, 0.4) is 0 Å². The van der Waals surface area contributed by atoms with Crippen molar-refractivity contribution in [3.05, 3.63) is 77.4 Å². The Bertz CT molecular complexity index is 1530. The van der Waals surface area contributed by atoms with E-state index in [4.69, 9.17) is 4.18 Å². The minimum atomic E-state index is -4.44. The van der Waals surface area contributed by atoms with Crippen LogP contribution >= 0.6 is 0 Å². The van der Waals surface area contributed by atoms with Gasteiger partial charge in [0.1, 0.15) is 10.6 Å². The molecule has 0 aliphatic carbocycles. The van der Waals surface area contributed by atoms with Gasteiger partial charge < -0.3 is 10.6 Å². The Morgan fingerprint density at radius 3 is 2.00 bits per heavy atom. The van der Waals surface area contributed by atoms with Gasteiger partial charge in [-0.15, -0.1) is 0 Å². The maximum Gasteiger partial charge on any atom is 0.297 e. The fraction of sp³-hybridized carbons (Fsp3) is 0.167. The lowest BCUT2D eigenvalue weighted by atomic mass is 9.99. The first-order valence-corrected chi connectivity index (χ1v) is 13.5. The van der Waals surface area contributed by atoms with E-state index >= 15 is 0 Å². The fourth-order valence-electron chi connectivity index (χ4n) is 3.51. The van der Waals surface area contributed by atoms with Crippen LogP contribution in [0.2, 0.25) is 0 Å². The molecule has 3 rings (SSSR count). The van der Waals surface area contributed by atoms with Gasteiger partial charge in [0.05, 0.1) is 7.11 Å². The lowest BCUT2D eigenvalue weighted by molar-refractivity contribution is 0.100. The lowest BCUT2D eigenvalue weighted by Gasteiger charge is -2.16. The van der Waals surface area contributed by atoms with E-state index in [1.165, 1.54) is 61.5 Å². The van der Waals surface area contributed by atoms with Crippen LogP contribution in [0.5, 0.6) is 0 Å². The minimum Gasteiger partial charge on any atom is -0.388 e. The van der Waals surface area contributed by atoms with Gasteiger partial charge in [-0.3, -0.25) is 18.3 Å². The van der Waals surface area contributed by atoms with E-state index in [0.717, 1.165) is 7.11 Å². The highest BCUT2D eigenvalue weighted by Gasteiger charge is 2.23. The van der Waals surface area contributed by atoms with Crippen molar-refractivity contribution in [2.75, 3.05) is 24.8 Å². The molecule has 10 nitrogen and oxygen atoms in total. The van der Waals surface area contributed by atoms with Crippen molar-refractivity contribution in [3.63, 3.8) is 0 Å². The number of benzene rings is 3. The van der Waals surface area contributed by atoms with Gasteiger partial charge in [-0.05, 0) is 54.4 Å². The average Bonchev–Trinajstić information content (AvgIpc) is 2.83. The van der Waals surface area contributed by atoms with Gasteiger partial charge in [0.25, 0.3) is 26.1 Å². The van der Waals surface area contributed by atoms with E-state index in [1.54, 1.807) is 13.1 Å². The summed E-state index contributed by atoms with van der Waals surface area (Å²) < 4.78 is 62.9. The summed E-state index contributed by atoms with van der Waals surface area (Å²) in [4.78, 5) is 23.8. The highest BCUT2D eigenvalue weighted by Crippen LogP contribution is 2.35. The van der Waals surface area contributed by atoms with Crippen molar-refractivity contribution in [1.29, 1.82) is 0 Å². The zero-order valence-corrected chi connectivity index (χ0v) is 21.2. The Morgan fingerprint density at radius 1 is 0.861 bits per heavy atom. The summed E-state index contributed by atoms with van der Waals surface area (Å²) in [6.07, 6.45) is 0. The average molecular weight is 533 g/mol. The Balaban J connectivity index is 2.08. The number of Topliss-reactive ketones (excluding diaryl/α,β-unsaturated/α-hetero) is 1. The van der Waals surface area contributed by atoms with Crippen LogP contribution in [0.4, 0.5) is 11.4 Å². The molecular weight excluding hydrogens is 508 g/mol. The van der Waals surface area contributed by atoms with Gasteiger partial charge >= 0.3 is 0 Å². The minimum absolute atomic E-state index is 0.113. The second kappa shape index (κ2) is 10.6. The first kappa shape index (κ1) is 27.0. The summed E-state index contributed by atoms with van der Waals surface area (Å²) in [7, 11) is -6.14. The monoisotopic (exact) mass is 532 g/mol. The van der Waals surface area contributed by atoms with Gasteiger partial charge in [-0.25, -0.2) is 0 Å². The zero-order chi connectivity index (χ0) is 26.7. The molecule has 3 N–H and O–H groups in total. The Kier molecular flexibility index (Phi) is 7.94. The third kappa shape index (κ3) is 6.34.